The van der Waals surface area contributed by atoms with Crippen LogP contribution in [0.5, 0.6) is 0 Å². The van der Waals surface area contributed by atoms with Gasteiger partial charge in [0.1, 0.15) is 0 Å². The third-order valence-electron chi connectivity index (χ3n) is 6.39. The molecule has 1 aliphatic rings. The van der Waals surface area contributed by atoms with E-state index in [2.05, 4.69) is 20.4 Å². The number of anilines is 2. The van der Waals surface area contributed by atoms with E-state index in [0.717, 1.165) is 36.1 Å². The van der Waals surface area contributed by atoms with Gasteiger partial charge in [-0.15, -0.1) is 10.2 Å². The number of amides is 2. The molecule has 1 saturated heterocycles. The molecule has 1 N–H and O–H groups in total. The molecule has 2 amide bonds. The van der Waals surface area contributed by atoms with E-state index >= 15 is 0 Å². The quantitative estimate of drug-likeness (QED) is 0.186. The van der Waals surface area contributed by atoms with Crippen molar-refractivity contribution >= 4 is 40.6 Å². The highest BCUT2D eigenvalue weighted by Crippen LogP contribution is 2.26. The molecule has 40 heavy (non-hydrogen) atoms. The molecule has 1 fully saturated rings. The summed E-state index contributed by atoms with van der Waals surface area (Å²) < 4.78 is 5.55. The Hall–Kier alpha value is -4.71. The van der Waals surface area contributed by atoms with Gasteiger partial charge in [-0.05, 0) is 49.4 Å². The zero-order valence-electron chi connectivity index (χ0n) is 21.6. The van der Waals surface area contributed by atoms with Crippen LogP contribution in [0.4, 0.5) is 17.1 Å². The first-order valence-electron chi connectivity index (χ1n) is 12.6. The lowest BCUT2D eigenvalue weighted by molar-refractivity contribution is -0.384. The molecule has 204 valence electrons. The van der Waals surface area contributed by atoms with Crippen LogP contribution in [0.3, 0.4) is 0 Å². The van der Waals surface area contributed by atoms with Gasteiger partial charge in [0.15, 0.2) is 0 Å². The van der Waals surface area contributed by atoms with Crippen molar-refractivity contribution in [3.8, 4) is 11.5 Å². The van der Waals surface area contributed by atoms with Crippen molar-refractivity contribution in [2.24, 2.45) is 0 Å². The Balaban J connectivity index is 1.09. The second-order valence-electron chi connectivity index (χ2n) is 9.21. The van der Waals surface area contributed by atoms with Crippen LogP contribution in [0.25, 0.3) is 11.5 Å². The number of rotatable bonds is 8. The minimum atomic E-state index is -0.498. The predicted molar refractivity (Wildman–Crippen MR) is 151 cm³/mol. The third kappa shape index (κ3) is 6.46. The Labute approximate surface area is 234 Å². The number of nitrogens with zero attached hydrogens (tertiary/aromatic N) is 5. The number of piperazine rings is 1. The maximum absolute atomic E-state index is 12.8. The lowest BCUT2D eigenvalue weighted by Crippen LogP contribution is -2.48. The Morgan fingerprint density at radius 1 is 1.00 bits per heavy atom. The van der Waals surface area contributed by atoms with Crippen molar-refractivity contribution in [1.82, 2.24) is 15.1 Å². The van der Waals surface area contributed by atoms with Crippen molar-refractivity contribution in [2.75, 3.05) is 42.1 Å². The second-order valence-corrected chi connectivity index (χ2v) is 10.1. The summed E-state index contributed by atoms with van der Waals surface area (Å²) >= 11 is 1.07. The van der Waals surface area contributed by atoms with E-state index in [1.807, 2.05) is 60.4 Å². The van der Waals surface area contributed by atoms with Crippen LogP contribution >= 0.6 is 11.8 Å². The van der Waals surface area contributed by atoms with E-state index in [1.165, 1.54) is 18.2 Å². The van der Waals surface area contributed by atoms with Gasteiger partial charge in [0.25, 0.3) is 16.8 Å². The number of thioether (sulfide) groups is 1. The molecule has 5 rings (SSSR count). The summed E-state index contributed by atoms with van der Waals surface area (Å²) in [5.41, 5.74) is 3.81. The first-order valence-corrected chi connectivity index (χ1v) is 13.6. The number of carbonyl (C=O) groups is 2. The van der Waals surface area contributed by atoms with E-state index in [-0.39, 0.29) is 34.4 Å². The van der Waals surface area contributed by atoms with Gasteiger partial charge in [-0.25, -0.2) is 0 Å². The van der Waals surface area contributed by atoms with Crippen molar-refractivity contribution < 1.29 is 18.9 Å². The van der Waals surface area contributed by atoms with E-state index in [9.17, 15) is 19.7 Å². The molecule has 4 aromatic rings. The van der Waals surface area contributed by atoms with E-state index in [1.54, 1.807) is 6.07 Å². The Morgan fingerprint density at radius 2 is 1.75 bits per heavy atom. The fourth-order valence-electron chi connectivity index (χ4n) is 4.35. The van der Waals surface area contributed by atoms with Gasteiger partial charge in [0.2, 0.25) is 11.8 Å². The number of carbonyl (C=O) groups excluding carboxylic acids is 2. The van der Waals surface area contributed by atoms with Crippen molar-refractivity contribution in [1.29, 1.82) is 0 Å². The Morgan fingerprint density at radius 3 is 2.48 bits per heavy atom. The number of nitrogens with one attached hydrogen (secondary N) is 1. The average Bonchev–Trinajstić information content (AvgIpc) is 3.46. The largest absolute Gasteiger partial charge is 0.411 e. The van der Waals surface area contributed by atoms with Crippen molar-refractivity contribution in [3.05, 3.63) is 94.0 Å². The number of non-ortho nitro benzene ring substituents is 1. The Bertz CT molecular complexity index is 1530. The summed E-state index contributed by atoms with van der Waals surface area (Å²) in [5, 5.41) is 21.8. The summed E-state index contributed by atoms with van der Waals surface area (Å²) in [4.78, 5) is 39.9. The normalized spacial score (nSPS) is 13.2. The van der Waals surface area contributed by atoms with Gasteiger partial charge in [-0.1, -0.05) is 35.5 Å². The lowest BCUT2D eigenvalue weighted by Gasteiger charge is -2.36. The summed E-state index contributed by atoms with van der Waals surface area (Å²) in [6.45, 7) is 4.71. The zero-order chi connectivity index (χ0) is 28.1. The highest BCUT2D eigenvalue weighted by molar-refractivity contribution is 7.99. The van der Waals surface area contributed by atoms with Crippen LogP contribution in [-0.4, -0.2) is 63.8 Å². The summed E-state index contributed by atoms with van der Waals surface area (Å²) in [5.74, 6) is 0.00803. The van der Waals surface area contributed by atoms with Crippen LogP contribution < -0.4 is 10.2 Å². The maximum atomic E-state index is 12.8. The molecule has 0 atom stereocenters. The number of nitro groups is 1. The fourth-order valence-corrected chi connectivity index (χ4v) is 4.91. The Kier molecular flexibility index (Phi) is 8.06. The van der Waals surface area contributed by atoms with E-state index in [0.29, 0.717) is 29.9 Å². The smallest absolute Gasteiger partial charge is 0.277 e. The molecule has 1 aromatic heterocycles. The van der Waals surface area contributed by atoms with E-state index in [4.69, 9.17) is 4.42 Å². The molecule has 0 radical (unpaired) electrons. The molecule has 3 aromatic carbocycles. The monoisotopic (exact) mass is 558 g/mol. The van der Waals surface area contributed by atoms with Gasteiger partial charge < -0.3 is 19.5 Å². The number of hydrogen-bond acceptors (Lipinski definition) is 9. The van der Waals surface area contributed by atoms with Gasteiger partial charge in [-0.2, -0.15) is 0 Å². The van der Waals surface area contributed by atoms with Crippen LogP contribution in [0, 0.1) is 17.0 Å². The molecule has 1 aliphatic heterocycles. The zero-order valence-corrected chi connectivity index (χ0v) is 22.5. The van der Waals surface area contributed by atoms with Gasteiger partial charge in [0.05, 0.1) is 10.7 Å². The van der Waals surface area contributed by atoms with Gasteiger partial charge >= 0.3 is 0 Å². The molecular formula is C28H26N6O5S. The highest BCUT2D eigenvalue weighted by atomic mass is 32.2. The number of benzene rings is 3. The fraction of sp³-hybridized carbons (Fsp3) is 0.214. The SMILES string of the molecule is Cc1cccc(C(=O)N2CCN(c3ccc(NC(=O)CSc4nnc(-c5cccc([N+](=O)[O-])c5)o4)cc3)CC2)c1. The second kappa shape index (κ2) is 12.0. The van der Waals surface area contributed by atoms with Crippen LogP contribution in [0.15, 0.2) is 82.4 Å². The van der Waals surface area contributed by atoms with E-state index < -0.39 is 4.92 Å². The minimum absolute atomic E-state index is 0.0508. The summed E-state index contributed by atoms with van der Waals surface area (Å²) in [6.07, 6.45) is 0. The van der Waals surface area contributed by atoms with Crippen LogP contribution in [-0.2, 0) is 4.79 Å². The molecule has 2 heterocycles. The highest BCUT2D eigenvalue weighted by Gasteiger charge is 2.22. The minimum Gasteiger partial charge on any atom is -0.411 e. The molecular weight excluding hydrogens is 532 g/mol. The predicted octanol–water partition coefficient (Wildman–Crippen LogP) is 4.65. The number of aromatic nitrogens is 2. The number of nitro benzene ring substituents is 1. The summed E-state index contributed by atoms with van der Waals surface area (Å²) in [7, 11) is 0. The molecule has 0 bridgehead atoms. The lowest BCUT2D eigenvalue weighted by atomic mass is 10.1. The summed E-state index contributed by atoms with van der Waals surface area (Å²) in [6, 6.07) is 21.1. The number of hydrogen-bond donors (Lipinski definition) is 1. The van der Waals surface area contributed by atoms with Gasteiger partial charge in [0, 0.05) is 60.8 Å². The first kappa shape index (κ1) is 26.9. The maximum Gasteiger partial charge on any atom is 0.277 e. The third-order valence-corrected chi connectivity index (χ3v) is 7.20. The molecule has 0 unspecified atom stereocenters. The van der Waals surface area contributed by atoms with Crippen molar-refractivity contribution in [3.63, 3.8) is 0 Å². The molecule has 12 heteroatoms. The van der Waals surface area contributed by atoms with Crippen LogP contribution in [0.1, 0.15) is 15.9 Å². The topological polar surface area (TPSA) is 135 Å². The van der Waals surface area contributed by atoms with Crippen LogP contribution in [0.2, 0.25) is 0 Å². The molecule has 0 saturated carbocycles. The molecule has 11 nitrogen and oxygen atoms in total. The standard InChI is InChI=1S/C28H26N6O5S/c1-19-4-2-6-21(16-19)27(36)33-14-12-32(13-15-33)23-10-8-22(9-11-23)29-25(35)18-40-28-31-30-26(39-28)20-5-3-7-24(17-20)34(37)38/h2-11,16-17H,12-15,18H2,1H3,(H,29,35). The molecule has 0 aliphatic carbocycles. The first-order chi connectivity index (χ1) is 19.4. The average molecular weight is 559 g/mol. The molecule has 0 spiro atoms. The van der Waals surface area contributed by atoms with Gasteiger partial charge in [-0.3, -0.25) is 19.7 Å². The van der Waals surface area contributed by atoms with Crippen molar-refractivity contribution in [2.45, 2.75) is 12.1 Å². The number of aryl methyl sites for hydroxylation is 1.